The molecule has 1 aromatic heterocycles. The van der Waals surface area contributed by atoms with Gasteiger partial charge in [0.05, 0.1) is 6.54 Å². The van der Waals surface area contributed by atoms with Crippen LogP contribution < -0.4 is 10.6 Å². The maximum atomic E-state index is 12.4. The van der Waals surface area contributed by atoms with E-state index in [4.69, 9.17) is 0 Å². The van der Waals surface area contributed by atoms with E-state index in [1.54, 1.807) is 18.4 Å². The van der Waals surface area contributed by atoms with Gasteiger partial charge < -0.3 is 15.5 Å². The largest absolute Gasteiger partial charge is 0.352 e. The van der Waals surface area contributed by atoms with Crippen molar-refractivity contribution in [3.63, 3.8) is 0 Å². The van der Waals surface area contributed by atoms with Crippen LogP contribution in [0.5, 0.6) is 0 Å². The summed E-state index contributed by atoms with van der Waals surface area (Å²) < 4.78 is 0. The lowest BCUT2D eigenvalue weighted by atomic mass is 10.1. The number of hydrogen-bond donors (Lipinski definition) is 2. The van der Waals surface area contributed by atoms with Crippen molar-refractivity contribution in [2.24, 2.45) is 4.99 Å². The fraction of sp³-hybridized carbons (Fsp3) is 0.450. The van der Waals surface area contributed by atoms with Crippen LogP contribution >= 0.6 is 35.3 Å². The van der Waals surface area contributed by atoms with Gasteiger partial charge in [0, 0.05) is 43.3 Å². The van der Waals surface area contributed by atoms with Crippen LogP contribution in [0.4, 0.5) is 0 Å². The Hall–Kier alpha value is -1.68. The monoisotopic (exact) mass is 515 g/mol. The number of carbonyl (C=O) groups is 1. The zero-order chi connectivity index (χ0) is 19.6. The topological polar surface area (TPSA) is 69.6 Å². The molecule has 2 rings (SSSR count). The predicted octanol–water partition coefficient (Wildman–Crippen LogP) is 3.67. The van der Waals surface area contributed by atoms with Crippen LogP contribution in [0.25, 0.3) is 0 Å². The van der Waals surface area contributed by atoms with E-state index in [1.807, 2.05) is 49.2 Å². The molecular weight excluding hydrogens is 485 g/mol. The minimum Gasteiger partial charge on any atom is -0.352 e. The van der Waals surface area contributed by atoms with Gasteiger partial charge in [-0.3, -0.25) is 9.79 Å². The first-order valence-electron chi connectivity index (χ1n) is 9.37. The predicted molar refractivity (Wildman–Crippen MR) is 128 cm³/mol. The van der Waals surface area contributed by atoms with E-state index in [1.165, 1.54) is 4.88 Å². The van der Waals surface area contributed by atoms with Crippen LogP contribution in [0.1, 0.15) is 46.6 Å². The third-order valence-electron chi connectivity index (χ3n) is 4.29. The van der Waals surface area contributed by atoms with Crippen LogP contribution in [-0.4, -0.2) is 41.9 Å². The maximum Gasteiger partial charge on any atom is 0.253 e. The Bertz CT molecular complexity index is 756. The molecule has 0 saturated carbocycles. The molecule has 1 heterocycles. The Morgan fingerprint density at radius 1 is 1.11 bits per heavy atom. The molecule has 0 spiro atoms. The molecule has 0 aliphatic rings. The number of guanidine groups is 1. The van der Waals surface area contributed by atoms with Gasteiger partial charge in [-0.15, -0.1) is 35.3 Å². The average Bonchev–Trinajstić information content (AvgIpc) is 3.17. The Morgan fingerprint density at radius 3 is 2.29 bits per heavy atom. The second kappa shape index (κ2) is 12.7. The van der Waals surface area contributed by atoms with E-state index in [0.29, 0.717) is 13.1 Å². The van der Waals surface area contributed by atoms with E-state index in [-0.39, 0.29) is 29.9 Å². The second-order valence-electron chi connectivity index (χ2n) is 6.03. The minimum atomic E-state index is 0. The molecule has 0 saturated heterocycles. The Morgan fingerprint density at radius 2 is 1.75 bits per heavy atom. The second-order valence-corrected chi connectivity index (χ2v) is 7.23. The highest BCUT2D eigenvalue weighted by atomic mass is 127. The van der Waals surface area contributed by atoms with Crippen molar-refractivity contribution < 1.29 is 4.79 Å². The highest BCUT2D eigenvalue weighted by molar-refractivity contribution is 14.0. The summed E-state index contributed by atoms with van der Waals surface area (Å²) in [6, 6.07) is 7.72. The first-order valence-corrected chi connectivity index (χ1v) is 10.2. The number of nitrogens with one attached hydrogen (secondary N) is 2. The van der Waals surface area contributed by atoms with Crippen molar-refractivity contribution in [1.82, 2.24) is 20.5 Å². The number of carbonyl (C=O) groups excluding carboxylic acids is 1. The zero-order valence-electron chi connectivity index (χ0n) is 17.0. The zero-order valence-corrected chi connectivity index (χ0v) is 20.1. The summed E-state index contributed by atoms with van der Waals surface area (Å²) >= 11 is 1.72. The number of hydrogen-bond acceptors (Lipinski definition) is 4. The van der Waals surface area contributed by atoms with E-state index < -0.39 is 0 Å². The van der Waals surface area contributed by atoms with Crippen LogP contribution in [0.15, 0.2) is 35.5 Å². The molecule has 0 fully saturated rings. The molecule has 0 unspecified atom stereocenters. The number of aromatic nitrogens is 1. The first kappa shape index (κ1) is 24.4. The fourth-order valence-corrected chi connectivity index (χ4v) is 3.42. The highest BCUT2D eigenvalue weighted by Crippen LogP contribution is 2.12. The number of halogens is 1. The summed E-state index contributed by atoms with van der Waals surface area (Å²) in [5, 5.41) is 7.62. The van der Waals surface area contributed by atoms with E-state index in [9.17, 15) is 4.79 Å². The number of nitrogens with zero attached hydrogens (tertiary/aromatic N) is 3. The lowest BCUT2D eigenvalue weighted by Crippen LogP contribution is -2.36. The van der Waals surface area contributed by atoms with Crippen molar-refractivity contribution >= 4 is 47.2 Å². The summed E-state index contributed by atoms with van der Waals surface area (Å²) in [6.45, 7) is 8.85. The molecule has 1 amide bonds. The number of rotatable bonds is 8. The van der Waals surface area contributed by atoms with Gasteiger partial charge >= 0.3 is 0 Å². The molecule has 0 bridgehead atoms. The smallest absolute Gasteiger partial charge is 0.253 e. The van der Waals surface area contributed by atoms with E-state index in [0.717, 1.165) is 41.6 Å². The van der Waals surface area contributed by atoms with Gasteiger partial charge in [-0.05, 0) is 38.0 Å². The Balaban J connectivity index is 0.00000392. The summed E-state index contributed by atoms with van der Waals surface area (Å²) in [6.07, 6.45) is 2.94. The summed E-state index contributed by atoms with van der Waals surface area (Å²) in [4.78, 5) is 24.1. The molecule has 2 N–H and O–H groups in total. The van der Waals surface area contributed by atoms with Crippen molar-refractivity contribution in [1.29, 1.82) is 0 Å². The summed E-state index contributed by atoms with van der Waals surface area (Å²) in [7, 11) is 1.75. The SMILES string of the molecule is CCc1cnc(CNC(=NC)NCc2ccc(C(=O)N(CC)CC)cc2)s1.I. The van der Waals surface area contributed by atoms with E-state index in [2.05, 4.69) is 27.5 Å². The molecule has 8 heteroatoms. The molecule has 28 heavy (non-hydrogen) atoms. The number of benzene rings is 1. The number of amides is 1. The van der Waals surface area contributed by atoms with Gasteiger partial charge in [-0.1, -0.05) is 19.1 Å². The lowest BCUT2D eigenvalue weighted by Gasteiger charge is -2.18. The molecule has 0 aliphatic carbocycles. The number of aryl methyl sites for hydroxylation is 1. The third kappa shape index (κ3) is 7.05. The van der Waals surface area contributed by atoms with Crippen molar-refractivity contribution in [2.75, 3.05) is 20.1 Å². The van der Waals surface area contributed by atoms with Gasteiger partial charge in [0.1, 0.15) is 5.01 Å². The summed E-state index contributed by atoms with van der Waals surface area (Å²) in [5.74, 6) is 0.804. The van der Waals surface area contributed by atoms with Gasteiger partial charge in [0.25, 0.3) is 5.91 Å². The number of thiazole rings is 1. The average molecular weight is 515 g/mol. The minimum absolute atomic E-state index is 0. The van der Waals surface area contributed by atoms with Gasteiger partial charge in [0.2, 0.25) is 0 Å². The molecule has 0 atom stereocenters. The molecule has 0 aliphatic heterocycles. The first-order chi connectivity index (χ1) is 13.1. The van der Waals surface area contributed by atoms with Crippen molar-refractivity contribution in [3.05, 3.63) is 51.5 Å². The van der Waals surface area contributed by atoms with E-state index >= 15 is 0 Å². The van der Waals surface area contributed by atoms with Crippen LogP contribution in [-0.2, 0) is 19.5 Å². The van der Waals surface area contributed by atoms with Crippen LogP contribution in [0.3, 0.4) is 0 Å². The Kier molecular flexibility index (Phi) is 11.1. The van der Waals surface area contributed by atoms with Gasteiger partial charge in [-0.25, -0.2) is 4.98 Å². The molecule has 6 nitrogen and oxygen atoms in total. The van der Waals surface area contributed by atoms with Crippen molar-refractivity contribution in [3.8, 4) is 0 Å². The molecule has 1 aromatic carbocycles. The third-order valence-corrected chi connectivity index (χ3v) is 5.43. The van der Waals surface area contributed by atoms with Crippen LogP contribution in [0, 0.1) is 0 Å². The Labute approximate surface area is 188 Å². The van der Waals surface area contributed by atoms with Crippen LogP contribution in [0.2, 0.25) is 0 Å². The standard InChI is InChI=1S/C20H29N5OS.HI/c1-5-17-13-22-18(27-17)14-24-20(21-4)23-12-15-8-10-16(11-9-15)19(26)25(6-2)7-3;/h8-11,13H,5-7,12,14H2,1-4H3,(H2,21,23,24);1H. The molecular formula is C20H30IN5OS. The molecule has 0 radical (unpaired) electrons. The van der Waals surface area contributed by atoms with Gasteiger partial charge in [0.15, 0.2) is 5.96 Å². The maximum absolute atomic E-state index is 12.4. The molecule has 2 aromatic rings. The quantitative estimate of drug-likeness (QED) is 0.320. The fourth-order valence-electron chi connectivity index (χ4n) is 2.62. The van der Waals surface area contributed by atoms with Gasteiger partial charge in [-0.2, -0.15) is 0 Å². The molecule has 154 valence electrons. The number of aliphatic imine (C=N–C) groups is 1. The lowest BCUT2D eigenvalue weighted by molar-refractivity contribution is 0.0773. The summed E-state index contributed by atoms with van der Waals surface area (Å²) in [5.41, 5.74) is 1.82. The normalized spacial score (nSPS) is 10.9. The highest BCUT2D eigenvalue weighted by Gasteiger charge is 2.12. The van der Waals surface area contributed by atoms with Crippen molar-refractivity contribution in [2.45, 2.75) is 40.3 Å².